The Morgan fingerprint density at radius 3 is 2.81 bits per heavy atom. The summed E-state index contributed by atoms with van der Waals surface area (Å²) < 4.78 is 5.78. The molecule has 1 aliphatic heterocycles. The lowest BCUT2D eigenvalue weighted by Crippen LogP contribution is -2.46. The number of pyridine rings is 1. The van der Waals surface area contributed by atoms with Crippen LogP contribution in [0.2, 0.25) is 5.02 Å². The molecule has 1 aromatic carbocycles. The third kappa shape index (κ3) is 5.28. The highest BCUT2D eigenvalue weighted by atomic mass is 35.5. The van der Waals surface area contributed by atoms with Crippen molar-refractivity contribution in [3.8, 4) is 0 Å². The van der Waals surface area contributed by atoms with Crippen LogP contribution in [0.3, 0.4) is 0 Å². The zero-order valence-electron chi connectivity index (χ0n) is 15.2. The van der Waals surface area contributed by atoms with Gasteiger partial charge in [-0.15, -0.1) is 0 Å². The minimum absolute atomic E-state index is 0.00621. The van der Waals surface area contributed by atoms with E-state index in [1.165, 1.54) is 6.92 Å². The van der Waals surface area contributed by atoms with Gasteiger partial charge in [-0.05, 0) is 23.3 Å². The molecule has 0 saturated carbocycles. The highest BCUT2D eigenvalue weighted by Crippen LogP contribution is 2.22. The topological polar surface area (TPSA) is 71.5 Å². The zero-order chi connectivity index (χ0) is 19.2. The van der Waals surface area contributed by atoms with E-state index >= 15 is 0 Å². The Labute approximate surface area is 163 Å². The van der Waals surface area contributed by atoms with Crippen molar-refractivity contribution >= 4 is 23.4 Å². The van der Waals surface area contributed by atoms with Crippen molar-refractivity contribution in [1.82, 2.24) is 15.2 Å². The maximum atomic E-state index is 12.2. The summed E-state index contributed by atoms with van der Waals surface area (Å²) in [5.74, 6) is -0.335. The molecule has 0 aliphatic carbocycles. The van der Waals surface area contributed by atoms with Crippen LogP contribution >= 0.6 is 11.6 Å². The van der Waals surface area contributed by atoms with E-state index in [0.717, 1.165) is 21.8 Å². The van der Waals surface area contributed by atoms with E-state index in [-0.39, 0.29) is 24.5 Å². The van der Waals surface area contributed by atoms with Gasteiger partial charge in [-0.3, -0.25) is 14.6 Å². The summed E-state index contributed by atoms with van der Waals surface area (Å²) in [4.78, 5) is 29.4. The standard InChI is InChI=1S/C20H22ClN3O3/c1-14(25)22-12-20(26)24-8-9-27-19(13-24)18-7-6-15(11-23-18)10-16-4-2-3-5-17(16)21/h2-7,11,19H,8-10,12-13H2,1H3,(H,22,25)/t19-/m0/s1. The van der Waals surface area contributed by atoms with Crippen LogP contribution in [-0.2, 0) is 20.7 Å². The lowest BCUT2D eigenvalue weighted by atomic mass is 10.1. The zero-order valence-corrected chi connectivity index (χ0v) is 15.9. The fraction of sp³-hybridized carbons (Fsp3) is 0.350. The maximum Gasteiger partial charge on any atom is 0.242 e. The van der Waals surface area contributed by atoms with Gasteiger partial charge < -0.3 is 15.0 Å². The number of halogens is 1. The van der Waals surface area contributed by atoms with E-state index in [4.69, 9.17) is 16.3 Å². The molecule has 3 rings (SSSR count). The van der Waals surface area contributed by atoms with Gasteiger partial charge in [0.15, 0.2) is 0 Å². The Balaban J connectivity index is 1.61. The average Bonchev–Trinajstić information content (AvgIpc) is 2.68. The lowest BCUT2D eigenvalue weighted by Gasteiger charge is -2.32. The van der Waals surface area contributed by atoms with Crippen molar-refractivity contribution in [2.45, 2.75) is 19.4 Å². The third-order valence-electron chi connectivity index (χ3n) is 4.44. The molecule has 6 nitrogen and oxygen atoms in total. The Morgan fingerprint density at radius 2 is 2.11 bits per heavy atom. The van der Waals surface area contributed by atoms with E-state index < -0.39 is 0 Å². The number of ether oxygens (including phenoxy) is 1. The molecule has 2 amide bonds. The minimum atomic E-state index is -0.269. The van der Waals surface area contributed by atoms with E-state index in [2.05, 4.69) is 10.3 Å². The summed E-state index contributed by atoms with van der Waals surface area (Å²) in [6, 6.07) is 11.7. The Bertz CT molecular complexity index is 810. The molecule has 7 heteroatoms. The number of benzene rings is 1. The van der Waals surface area contributed by atoms with Crippen LogP contribution in [0, 0.1) is 0 Å². The molecule has 27 heavy (non-hydrogen) atoms. The van der Waals surface area contributed by atoms with Gasteiger partial charge in [-0.25, -0.2) is 0 Å². The van der Waals surface area contributed by atoms with Gasteiger partial charge in [0.1, 0.15) is 6.10 Å². The van der Waals surface area contributed by atoms with Crippen molar-refractivity contribution < 1.29 is 14.3 Å². The van der Waals surface area contributed by atoms with Gasteiger partial charge >= 0.3 is 0 Å². The molecule has 1 saturated heterocycles. The first-order valence-electron chi connectivity index (χ1n) is 8.85. The number of morpholine rings is 1. The molecule has 0 spiro atoms. The van der Waals surface area contributed by atoms with Crippen molar-refractivity contribution in [3.05, 3.63) is 64.4 Å². The monoisotopic (exact) mass is 387 g/mol. The van der Waals surface area contributed by atoms with Gasteiger partial charge in [0.05, 0.1) is 25.4 Å². The molecule has 2 heterocycles. The quantitative estimate of drug-likeness (QED) is 0.854. The predicted molar refractivity (Wildman–Crippen MR) is 102 cm³/mol. The van der Waals surface area contributed by atoms with Gasteiger partial charge in [0, 0.05) is 31.1 Å². The second-order valence-electron chi connectivity index (χ2n) is 6.47. The molecule has 1 N–H and O–H groups in total. The van der Waals surface area contributed by atoms with Crippen molar-refractivity contribution in [3.63, 3.8) is 0 Å². The van der Waals surface area contributed by atoms with Gasteiger partial charge in [-0.2, -0.15) is 0 Å². The lowest BCUT2D eigenvalue weighted by molar-refractivity contribution is -0.139. The van der Waals surface area contributed by atoms with E-state index in [0.29, 0.717) is 26.1 Å². The summed E-state index contributed by atoms with van der Waals surface area (Å²) in [6.07, 6.45) is 2.26. The molecule has 1 aliphatic rings. The first-order valence-corrected chi connectivity index (χ1v) is 9.23. The number of carbonyl (C=O) groups is 2. The largest absolute Gasteiger partial charge is 0.368 e. The van der Waals surface area contributed by atoms with Crippen LogP contribution in [0.25, 0.3) is 0 Å². The normalized spacial score (nSPS) is 16.8. The van der Waals surface area contributed by atoms with Crippen molar-refractivity contribution in [2.24, 2.45) is 0 Å². The van der Waals surface area contributed by atoms with Crippen molar-refractivity contribution in [2.75, 3.05) is 26.2 Å². The number of amides is 2. The smallest absolute Gasteiger partial charge is 0.242 e. The van der Waals surface area contributed by atoms with Gasteiger partial charge in [-0.1, -0.05) is 35.9 Å². The second-order valence-corrected chi connectivity index (χ2v) is 6.88. The Morgan fingerprint density at radius 1 is 1.30 bits per heavy atom. The summed E-state index contributed by atoms with van der Waals surface area (Å²) in [5, 5.41) is 3.28. The highest BCUT2D eigenvalue weighted by Gasteiger charge is 2.26. The number of aromatic nitrogens is 1. The number of nitrogens with one attached hydrogen (secondary N) is 1. The van der Waals surface area contributed by atoms with Crippen LogP contribution in [0.5, 0.6) is 0 Å². The molecule has 1 atom stereocenters. The highest BCUT2D eigenvalue weighted by molar-refractivity contribution is 6.31. The number of nitrogens with zero attached hydrogens (tertiary/aromatic N) is 2. The summed E-state index contributed by atoms with van der Waals surface area (Å²) >= 11 is 6.21. The Hall–Kier alpha value is -2.44. The molecule has 1 fully saturated rings. The number of rotatable bonds is 5. The first kappa shape index (κ1) is 19.3. The number of hydrogen-bond acceptors (Lipinski definition) is 4. The average molecular weight is 388 g/mol. The predicted octanol–water partition coefficient (Wildman–Crippen LogP) is 2.36. The van der Waals surface area contributed by atoms with Crippen LogP contribution in [0.4, 0.5) is 0 Å². The number of carbonyl (C=O) groups excluding carboxylic acids is 2. The molecule has 1 aromatic heterocycles. The van der Waals surface area contributed by atoms with Crippen LogP contribution in [0.1, 0.15) is 29.8 Å². The molecule has 0 radical (unpaired) electrons. The first-order chi connectivity index (χ1) is 13.0. The third-order valence-corrected chi connectivity index (χ3v) is 4.81. The summed E-state index contributed by atoms with van der Waals surface area (Å²) in [6.45, 7) is 2.78. The number of hydrogen-bond donors (Lipinski definition) is 1. The van der Waals surface area contributed by atoms with Crippen molar-refractivity contribution in [1.29, 1.82) is 0 Å². The molecule has 0 unspecified atom stereocenters. The van der Waals surface area contributed by atoms with E-state index in [1.807, 2.05) is 42.6 Å². The van der Waals surface area contributed by atoms with Gasteiger partial charge in [0.25, 0.3) is 0 Å². The summed E-state index contributed by atoms with van der Waals surface area (Å²) in [7, 11) is 0. The Kier molecular flexibility index (Phi) is 6.42. The van der Waals surface area contributed by atoms with E-state index in [1.54, 1.807) is 4.90 Å². The molecule has 2 aromatic rings. The molecular formula is C20H22ClN3O3. The van der Waals surface area contributed by atoms with Crippen LogP contribution in [-0.4, -0.2) is 47.9 Å². The molecule has 142 valence electrons. The van der Waals surface area contributed by atoms with Gasteiger partial charge in [0.2, 0.25) is 11.8 Å². The van der Waals surface area contributed by atoms with Crippen LogP contribution in [0.15, 0.2) is 42.6 Å². The fourth-order valence-corrected chi connectivity index (χ4v) is 3.16. The minimum Gasteiger partial charge on any atom is -0.368 e. The SMILES string of the molecule is CC(=O)NCC(=O)N1CCO[C@H](c2ccc(Cc3ccccc3Cl)cn2)C1. The molecule has 0 bridgehead atoms. The maximum absolute atomic E-state index is 12.2. The summed E-state index contributed by atoms with van der Waals surface area (Å²) in [5.41, 5.74) is 2.90. The molecular weight excluding hydrogens is 366 g/mol. The van der Waals surface area contributed by atoms with E-state index in [9.17, 15) is 9.59 Å². The van der Waals surface area contributed by atoms with Crippen LogP contribution < -0.4 is 5.32 Å². The fourth-order valence-electron chi connectivity index (χ4n) is 2.96. The second kappa shape index (κ2) is 8.97.